The summed E-state index contributed by atoms with van der Waals surface area (Å²) in [6, 6.07) is 6.05. The molecule has 26 heavy (non-hydrogen) atoms. The molecule has 2 bridgehead atoms. The van der Waals surface area contributed by atoms with Crippen LogP contribution in [0.3, 0.4) is 0 Å². The molecule has 1 aromatic carbocycles. The van der Waals surface area contributed by atoms with Gasteiger partial charge in [0.2, 0.25) is 6.79 Å². The lowest BCUT2D eigenvalue weighted by Crippen LogP contribution is -2.54. The van der Waals surface area contributed by atoms with Crippen molar-refractivity contribution in [1.82, 2.24) is 0 Å². The van der Waals surface area contributed by atoms with Crippen LogP contribution in [0.4, 0.5) is 0 Å². The van der Waals surface area contributed by atoms with E-state index in [4.69, 9.17) is 18.9 Å². The molecule has 4 rings (SSSR count). The molecule has 5 nitrogen and oxygen atoms in total. The molecule has 140 valence electrons. The highest BCUT2D eigenvalue weighted by molar-refractivity contribution is 5.66. The van der Waals surface area contributed by atoms with Crippen LogP contribution < -0.4 is 9.47 Å². The van der Waals surface area contributed by atoms with Crippen LogP contribution in [0, 0.1) is 23.2 Å². The van der Waals surface area contributed by atoms with Gasteiger partial charge in [-0.1, -0.05) is 31.6 Å². The molecule has 0 radical (unpaired) electrons. The second-order valence-corrected chi connectivity index (χ2v) is 7.87. The molecule has 3 aliphatic rings. The van der Waals surface area contributed by atoms with Crippen molar-refractivity contribution < 1.29 is 23.7 Å². The molecule has 5 atom stereocenters. The molecule has 1 fully saturated rings. The smallest absolute Gasteiger partial charge is 0.302 e. The molecular weight excluding hydrogens is 332 g/mol. The van der Waals surface area contributed by atoms with Crippen molar-refractivity contribution in [2.75, 3.05) is 20.0 Å². The van der Waals surface area contributed by atoms with Crippen LogP contribution in [-0.2, 0) is 14.3 Å². The number of ether oxygens (including phenoxy) is 4. The first-order chi connectivity index (χ1) is 12.4. The standard InChI is InChI=1S/C21H26O5/c1-12-7-13(2)21(9-23-15(4)22)10-24-20(19(12)14(21)3)16-5-6-17-18(8-16)26-11-25-17/h5-8,13-14,19-20H,9-11H2,1-4H3/t13-,14-,19-,20-,21+/m0/s1. The average molecular weight is 358 g/mol. The number of carbonyl (C=O) groups is 1. The van der Waals surface area contributed by atoms with Crippen molar-refractivity contribution in [3.63, 3.8) is 0 Å². The summed E-state index contributed by atoms with van der Waals surface area (Å²) in [5.41, 5.74) is 2.27. The van der Waals surface area contributed by atoms with Crippen LogP contribution in [-0.4, -0.2) is 26.0 Å². The molecule has 0 N–H and O–H groups in total. The van der Waals surface area contributed by atoms with Gasteiger partial charge in [-0.15, -0.1) is 0 Å². The Labute approximate surface area is 154 Å². The minimum Gasteiger partial charge on any atom is -0.465 e. The van der Waals surface area contributed by atoms with Gasteiger partial charge in [-0.05, 0) is 36.5 Å². The van der Waals surface area contributed by atoms with Gasteiger partial charge in [-0.2, -0.15) is 0 Å². The Kier molecular flexibility index (Phi) is 4.22. The third-order valence-corrected chi connectivity index (χ3v) is 6.52. The van der Waals surface area contributed by atoms with Crippen molar-refractivity contribution in [3.8, 4) is 11.5 Å². The lowest BCUT2D eigenvalue weighted by Gasteiger charge is -2.55. The fraction of sp³-hybridized carbons (Fsp3) is 0.571. The van der Waals surface area contributed by atoms with Gasteiger partial charge in [0.25, 0.3) is 0 Å². The van der Waals surface area contributed by atoms with Crippen molar-refractivity contribution in [1.29, 1.82) is 0 Å². The van der Waals surface area contributed by atoms with Gasteiger partial charge in [0, 0.05) is 18.3 Å². The highest BCUT2D eigenvalue weighted by atomic mass is 16.7. The molecule has 0 spiro atoms. The van der Waals surface area contributed by atoms with Crippen LogP contribution >= 0.6 is 0 Å². The number of benzene rings is 1. The summed E-state index contributed by atoms with van der Waals surface area (Å²) in [7, 11) is 0. The van der Waals surface area contributed by atoms with E-state index in [0.29, 0.717) is 25.0 Å². The van der Waals surface area contributed by atoms with Crippen LogP contribution in [0.2, 0.25) is 0 Å². The van der Waals surface area contributed by atoms with Gasteiger partial charge in [-0.25, -0.2) is 0 Å². The summed E-state index contributed by atoms with van der Waals surface area (Å²) in [6.07, 6.45) is 2.30. The zero-order valence-electron chi connectivity index (χ0n) is 15.8. The first-order valence-corrected chi connectivity index (χ1v) is 9.25. The minimum absolute atomic E-state index is 0.0336. The quantitative estimate of drug-likeness (QED) is 0.606. The van der Waals surface area contributed by atoms with Gasteiger partial charge in [0.1, 0.15) is 0 Å². The Morgan fingerprint density at radius 3 is 2.81 bits per heavy atom. The van der Waals surface area contributed by atoms with E-state index < -0.39 is 0 Å². The van der Waals surface area contributed by atoms with Gasteiger partial charge in [-0.3, -0.25) is 4.79 Å². The molecular formula is C21H26O5. The summed E-state index contributed by atoms with van der Waals surface area (Å²) in [5, 5.41) is 0. The maximum Gasteiger partial charge on any atom is 0.302 e. The zero-order chi connectivity index (χ0) is 18.5. The SMILES string of the molecule is CC(=O)OC[C@@]12CO[C@@H](c3ccc4c(c3)OCO4)[C@@H](C(C)=C[C@@H]1C)[C@@H]2C. The van der Waals surface area contributed by atoms with E-state index in [0.717, 1.165) is 17.1 Å². The van der Waals surface area contributed by atoms with Crippen molar-refractivity contribution >= 4 is 5.97 Å². The third kappa shape index (κ3) is 2.60. The first kappa shape index (κ1) is 17.4. The Bertz CT molecular complexity index is 755. The predicted octanol–water partition coefficient (Wildman–Crippen LogP) is 3.88. The number of fused-ring (bicyclic) bond motifs is 3. The van der Waals surface area contributed by atoms with E-state index in [1.54, 1.807) is 0 Å². The lowest BCUT2D eigenvalue weighted by atomic mass is 9.56. The Balaban J connectivity index is 1.67. The number of esters is 1. The number of hydrogen-bond donors (Lipinski definition) is 0. The highest BCUT2D eigenvalue weighted by Gasteiger charge is 2.54. The maximum absolute atomic E-state index is 11.4. The lowest BCUT2D eigenvalue weighted by molar-refractivity contribution is -0.180. The topological polar surface area (TPSA) is 54.0 Å². The van der Waals surface area contributed by atoms with Crippen LogP contribution in [0.5, 0.6) is 11.5 Å². The van der Waals surface area contributed by atoms with Crippen molar-refractivity contribution in [2.24, 2.45) is 23.2 Å². The monoisotopic (exact) mass is 358 g/mol. The van der Waals surface area contributed by atoms with E-state index in [9.17, 15) is 4.79 Å². The van der Waals surface area contributed by atoms with E-state index in [2.05, 4.69) is 32.9 Å². The Morgan fingerprint density at radius 1 is 1.27 bits per heavy atom. The Morgan fingerprint density at radius 2 is 2.04 bits per heavy atom. The fourth-order valence-electron chi connectivity index (χ4n) is 4.88. The molecule has 1 aliphatic carbocycles. The third-order valence-electron chi connectivity index (χ3n) is 6.52. The van der Waals surface area contributed by atoms with Gasteiger partial charge < -0.3 is 18.9 Å². The number of hydrogen-bond acceptors (Lipinski definition) is 5. The summed E-state index contributed by atoms with van der Waals surface area (Å²) in [4.78, 5) is 11.4. The van der Waals surface area contributed by atoms with E-state index >= 15 is 0 Å². The fourth-order valence-corrected chi connectivity index (χ4v) is 4.88. The summed E-state index contributed by atoms with van der Waals surface area (Å²) in [6.45, 7) is 9.36. The van der Waals surface area contributed by atoms with Crippen LogP contribution in [0.25, 0.3) is 0 Å². The summed E-state index contributed by atoms with van der Waals surface area (Å²) in [5.74, 6) is 2.21. The minimum atomic E-state index is -0.237. The number of allylic oxidation sites excluding steroid dienone is 1. The molecule has 0 aromatic heterocycles. The molecule has 0 saturated carbocycles. The van der Waals surface area contributed by atoms with Crippen LogP contribution in [0.15, 0.2) is 29.8 Å². The van der Waals surface area contributed by atoms with E-state index in [1.165, 1.54) is 12.5 Å². The summed E-state index contributed by atoms with van der Waals surface area (Å²) < 4.78 is 22.8. The molecule has 1 saturated heterocycles. The predicted molar refractivity (Wildman–Crippen MR) is 95.9 cm³/mol. The zero-order valence-corrected chi connectivity index (χ0v) is 15.8. The van der Waals surface area contributed by atoms with Gasteiger partial charge in [0.15, 0.2) is 11.5 Å². The molecule has 5 heteroatoms. The van der Waals surface area contributed by atoms with Gasteiger partial charge in [0.05, 0.1) is 19.3 Å². The molecule has 2 aliphatic heterocycles. The van der Waals surface area contributed by atoms with Crippen LogP contribution in [0.1, 0.15) is 39.4 Å². The maximum atomic E-state index is 11.4. The molecule has 1 aromatic rings. The second-order valence-electron chi connectivity index (χ2n) is 7.87. The average Bonchev–Trinajstić information content (AvgIpc) is 3.06. The molecule has 2 heterocycles. The van der Waals surface area contributed by atoms with E-state index in [1.807, 2.05) is 12.1 Å². The Hall–Kier alpha value is -2.01. The first-order valence-electron chi connectivity index (χ1n) is 9.25. The second kappa shape index (κ2) is 6.31. The summed E-state index contributed by atoms with van der Waals surface area (Å²) >= 11 is 0. The van der Waals surface area contributed by atoms with E-state index in [-0.39, 0.29) is 30.2 Å². The molecule has 0 amide bonds. The number of carbonyl (C=O) groups excluding carboxylic acids is 1. The normalized spacial score (nSPS) is 35.0. The van der Waals surface area contributed by atoms with Crippen molar-refractivity contribution in [2.45, 2.75) is 33.8 Å². The largest absolute Gasteiger partial charge is 0.465 e. The highest BCUT2D eigenvalue weighted by Crippen LogP contribution is 2.56. The molecule has 0 unspecified atom stereocenters. The van der Waals surface area contributed by atoms with Gasteiger partial charge >= 0.3 is 5.97 Å². The van der Waals surface area contributed by atoms with Crippen molar-refractivity contribution in [3.05, 3.63) is 35.4 Å². The number of rotatable bonds is 3.